The van der Waals surface area contributed by atoms with Crippen molar-refractivity contribution in [2.75, 3.05) is 32.8 Å². The molecule has 1 aliphatic rings. The topological polar surface area (TPSA) is 38.8 Å². The van der Waals surface area contributed by atoms with Crippen LogP contribution in [0.15, 0.2) is 18.2 Å². The molecule has 0 saturated carbocycles. The molecule has 0 aliphatic carbocycles. The summed E-state index contributed by atoms with van der Waals surface area (Å²) in [5.41, 5.74) is 2.48. The number of carbonyl (C=O) groups excluding carboxylic acids is 1. The Morgan fingerprint density at radius 3 is 2.96 bits per heavy atom. The van der Waals surface area contributed by atoms with E-state index in [1.807, 2.05) is 19.1 Å². The van der Waals surface area contributed by atoms with Crippen molar-refractivity contribution < 1.29 is 14.3 Å². The molecule has 2 rings (SSSR count). The zero-order chi connectivity index (χ0) is 16.7. The van der Waals surface area contributed by atoms with Crippen molar-refractivity contribution in [2.24, 2.45) is 5.92 Å². The maximum Gasteiger partial charge on any atom is 0.310 e. The molecule has 0 spiro atoms. The molecule has 1 aliphatic heterocycles. The average Bonchev–Trinajstić information content (AvgIpc) is 2.56. The summed E-state index contributed by atoms with van der Waals surface area (Å²) >= 11 is 0. The lowest BCUT2D eigenvalue weighted by Crippen LogP contribution is -2.40. The van der Waals surface area contributed by atoms with Gasteiger partial charge in [0, 0.05) is 13.1 Å². The number of ether oxygens (including phenoxy) is 2. The lowest BCUT2D eigenvalue weighted by molar-refractivity contribution is -0.149. The van der Waals surface area contributed by atoms with Crippen LogP contribution < -0.4 is 4.74 Å². The SMILES string of the molecule is CCOC(=O)[C@@H]1CCCN(CCCOc2cccc(C)c2C)C1. The van der Waals surface area contributed by atoms with Gasteiger partial charge in [-0.3, -0.25) is 4.79 Å². The summed E-state index contributed by atoms with van der Waals surface area (Å²) < 4.78 is 11.1. The van der Waals surface area contributed by atoms with Crippen LogP contribution in [0.5, 0.6) is 5.75 Å². The van der Waals surface area contributed by atoms with Gasteiger partial charge >= 0.3 is 5.97 Å². The highest BCUT2D eigenvalue weighted by Crippen LogP contribution is 2.21. The zero-order valence-electron chi connectivity index (χ0n) is 14.6. The molecule has 1 saturated heterocycles. The van der Waals surface area contributed by atoms with Gasteiger partial charge in [0.25, 0.3) is 0 Å². The number of piperidine rings is 1. The van der Waals surface area contributed by atoms with Crippen LogP contribution in [0.4, 0.5) is 0 Å². The lowest BCUT2D eigenvalue weighted by atomic mass is 9.98. The normalized spacial score (nSPS) is 18.7. The van der Waals surface area contributed by atoms with Crippen molar-refractivity contribution in [3.63, 3.8) is 0 Å². The van der Waals surface area contributed by atoms with Crippen LogP contribution in [0.25, 0.3) is 0 Å². The number of carbonyl (C=O) groups is 1. The van der Waals surface area contributed by atoms with Gasteiger partial charge in [0.1, 0.15) is 5.75 Å². The molecule has 4 heteroatoms. The molecule has 23 heavy (non-hydrogen) atoms. The van der Waals surface area contributed by atoms with Gasteiger partial charge in [-0.25, -0.2) is 0 Å². The fraction of sp³-hybridized carbons (Fsp3) is 0.632. The van der Waals surface area contributed by atoms with E-state index >= 15 is 0 Å². The number of likely N-dealkylation sites (tertiary alicyclic amines) is 1. The van der Waals surface area contributed by atoms with Gasteiger partial charge < -0.3 is 14.4 Å². The molecule has 128 valence electrons. The Bertz CT molecular complexity index is 515. The summed E-state index contributed by atoms with van der Waals surface area (Å²) in [6.07, 6.45) is 3.00. The van der Waals surface area contributed by atoms with Gasteiger partial charge in [-0.05, 0) is 63.8 Å². The van der Waals surface area contributed by atoms with Crippen LogP contribution in [0.1, 0.15) is 37.3 Å². The first-order valence-electron chi connectivity index (χ1n) is 8.69. The molecule has 0 aromatic heterocycles. The molecule has 1 aromatic rings. The number of hydrogen-bond acceptors (Lipinski definition) is 4. The van der Waals surface area contributed by atoms with Crippen molar-refractivity contribution in [3.05, 3.63) is 29.3 Å². The van der Waals surface area contributed by atoms with E-state index in [0.717, 1.165) is 44.6 Å². The smallest absolute Gasteiger partial charge is 0.310 e. The number of hydrogen-bond donors (Lipinski definition) is 0. The molecule has 1 fully saturated rings. The van der Waals surface area contributed by atoms with E-state index < -0.39 is 0 Å². The van der Waals surface area contributed by atoms with Crippen molar-refractivity contribution in [2.45, 2.75) is 40.0 Å². The Morgan fingerprint density at radius 2 is 2.17 bits per heavy atom. The maximum atomic E-state index is 11.9. The predicted molar refractivity (Wildman–Crippen MR) is 91.8 cm³/mol. The Labute approximate surface area is 139 Å². The van der Waals surface area contributed by atoms with Crippen molar-refractivity contribution in [3.8, 4) is 5.75 Å². The van der Waals surface area contributed by atoms with Gasteiger partial charge in [0.15, 0.2) is 0 Å². The molecular formula is C19H29NO3. The first-order valence-corrected chi connectivity index (χ1v) is 8.69. The molecule has 0 unspecified atom stereocenters. The molecule has 1 heterocycles. The lowest BCUT2D eigenvalue weighted by Gasteiger charge is -2.31. The minimum atomic E-state index is -0.0381. The first kappa shape index (κ1) is 17.8. The Morgan fingerprint density at radius 1 is 1.35 bits per heavy atom. The summed E-state index contributed by atoms with van der Waals surface area (Å²) in [7, 11) is 0. The number of benzene rings is 1. The number of aryl methyl sites for hydroxylation is 1. The van der Waals surface area contributed by atoms with E-state index in [0.29, 0.717) is 13.2 Å². The fourth-order valence-electron chi connectivity index (χ4n) is 3.06. The third-order valence-corrected chi connectivity index (χ3v) is 4.56. The molecule has 0 bridgehead atoms. The standard InChI is InChI=1S/C19H29NO3/c1-4-22-19(21)17-9-6-11-20(14-17)12-7-13-23-18-10-5-8-15(2)16(18)3/h5,8,10,17H,4,6-7,9,11-14H2,1-3H3/t17-/m1/s1. The molecule has 0 N–H and O–H groups in total. The maximum absolute atomic E-state index is 11.9. The van der Waals surface area contributed by atoms with Crippen LogP contribution in [0, 0.1) is 19.8 Å². The van der Waals surface area contributed by atoms with E-state index in [4.69, 9.17) is 9.47 Å². The highest BCUT2D eigenvalue weighted by atomic mass is 16.5. The van der Waals surface area contributed by atoms with Gasteiger partial charge in [-0.1, -0.05) is 12.1 Å². The van der Waals surface area contributed by atoms with Crippen LogP contribution in [0.3, 0.4) is 0 Å². The first-order chi connectivity index (χ1) is 11.1. The number of esters is 1. The summed E-state index contributed by atoms with van der Waals surface area (Å²) in [4.78, 5) is 14.2. The monoisotopic (exact) mass is 319 g/mol. The molecule has 0 radical (unpaired) electrons. The summed E-state index contributed by atoms with van der Waals surface area (Å²) in [5, 5.41) is 0. The Hall–Kier alpha value is -1.55. The fourth-order valence-corrected chi connectivity index (χ4v) is 3.06. The van der Waals surface area contributed by atoms with Crippen LogP contribution >= 0.6 is 0 Å². The second kappa shape index (κ2) is 8.92. The highest BCUT2D eigenvalue weighted by molar-refractivity contribution is 5.72. The predicted octanol–water partition coefficient (Wildman–Crippen LogP) is 3.35. The molecule has 1 atom stereocenters. The van der Waals surface area contributed by atoms with Crippen molar-refractivity contribution >= 4 is 5.97 Å². The second-order valence-electron chi connectivity index (χ2n) is 6.29. The number of rotatable bonds is 7. The van der Waals surface area contributed by atoms with E-state index in [1.54, 1.807) is 0 Å². The summed E-state index contributed by atoms with van der Waals surface area (Å²) in [6.45, 7) is 10.1. The Balaban J connectivity index is 1.71. The minimum absolute atomic E-state index is 0.0381. The van der Waals surface area contributed by atoms with Gasteiger partial charge in [-0.2, -0.15) is 0 Å². The van der Waals surface area contributed by atoms with Crippen LogP contribution in [-0.4, -0.2) is 43.7 Å². The quantitative estimate of drug-likeness (QED) is 0.571. The average molecular weight is 319 g/mol. The van der Waals surface area contributed by atoms with Crippen molar-refractivity contribution in [1.82, 2.24) is 4.90 Å². The Kier molecular flexibility index (Phi) is 6.90. The van der Waals surface area contributed by atoms with Crippen molar-refractivity contribution in [1.29, 1.82) is 0 Å². The highest BCUT2D eigenvalue weighted by Gasteiger charge is 2.26. The van der Waals surface area contributed by atoms with Crippen LogP contribution in [-0.2, 0) is 9.53 Å². The van der Waals surface area contributed by atoms with Gasteiger partial charge in [0.05, 0.1) is 19.1 Å². The number of nitrogens with zero attached hydrogens (tertiary/aromatic N) is 1. The summed E-state index contributed by atoms with van der Waals surface area (Å²) in [5.74, 6) is 0.987. The zero-order valence-corrected chi connectivity index (χ0v) is 14.6. The molecule has 4 nitrogen and oxygen atoms in total. The third kappa shape index (κ3) is 5.24. The minimum Gasteiger partial charge on any atom is -0.493 e. The van der Waals surface area contributed by atoms with E-state index in [-0.39, 0.29) is 11.9 Å². The largest absolute Gasteiger partial charge is 0.493 e. The molecular weight excluding hydrogens is 290 g/mol. The molecule has 0 amide bonds. The second-order valence-corrected chi connectivity index (χ2v) is 6.29. The summed E-state index contributed by atoms with van der Waals surface area (Å²) in [6, 6.07) is 6.16. The van der Waals surface area contributed by atoms with E-state index in [2.05, 4.69) is 24.8 Å². The van der Waals surface area contributed by atoms with Gasteiger partial charge in [-0.15, -0.1) is 0 Å². The van der Waals surface area contributed by atoms with Crippen LogP contribution in [0.2, 0.25) is 0 Å². The third-order valence-electron chi connectivity index (χ3n) is 4.56. The van der Waals surface area contributed by atoms with Gasteiger partial charge in [0.2, 0.25) is 0 Å². The van der Waals surface area contributed by atoms with E-state index in [1.165, 1.54) is 11.1 Å². The van der Waals surface area contributed by atoms with E-state index in [9.17, 15) is 4.79 Å². The molecule has 1 aromatic carbocycles.